The van der Waals surface area contributed by atoms with Crippen LogP contribution in [0.5, 0.6) is 11.5 Å². The van der Waals surface area contributed by atoms with Crippen molar-refractivity contribution in [1.29, 1.82) is 0 Å². The number of hydrogen-bond donors (Lipinski definition) is 0. The van der Waals surface area contributed by atoms with Crippen molar-refractivity contribution in [2.24, 2.45) is 0 Å². The standard InChI is InChI=1S/C21H17FO6/c1-25-15-5-6-16-14(10-21(24)28-19(16)11-15)12-27-20(23)8-4-13-3-7-18(26-2)17(22)9-13/h3-11H,12H2,1-2H3/b8-4+. The van der Waals surface area contributed by atoms with E-state index in [1.165, 1.54) is 44.6 Å². The van der Waals surface area contributed by atoms with Crippen LogP contribution < -0.4 is 15.1 Å². The van der Waals surface area contributed by atoms with Gasteiger partial charge in [-0.05, 0) is 35.9 Å². The summed E-state index contributed by atoms with van der Waals surface area (Å²) in [6, 6.07) is 10.6. The van der Waals surface area contributed by atoms with Crippen LogP contribution in [-0.2, 0) is 16.1 Å². The van der Waals surface area contributed by atoms with Crippen LogP contribution in [-0.4, -0.2) is 20.2 Å². The predicted molar refractivity (Wildman–Crippen MR) is 101 cm³/mol. The molecule has 0 amide bonds. The highest BCUT2D eigenvalue weighted by atomic mass is 19.1. The van der Waals surface area contributed by atoms with Gasteiger partial charge in [0, 0.05) is 29.2 Å². The smallest absolute Gasteiger partial charge is 0.336 e. The molecular formula is C21H17FO6. The third-order valence-corrected chi connectivity index (χ3v) is 4.00. The van der Waals surface area contributed by atoms with E-state index >= 15 is 0 Å². The van der Waals surface area contributed by atoms with Crippen molar-refractivity contribution in [1.82, 2.24) is 0 Å². The topological polar surface area (TPSA) is 75.0 Å². The van der Waals surface area contributed by atoms with Crippen molar-refractivity contribution in [3.63, 3.8) is 0 Å². The van der Waals surface area contributed by atoms with Crippen LogP contribution in [0.4, 0.5) is 4.39 Å². The molecule has 3 aromatic rings. The predicted octanol–water partition coefficient (Wildman–Crippen LogP) is 3.71. The van der Waals surface area contributed by atoms with Gasteiger partial charge in [0.2, 0.25) is 0 Å². The van der Waals surface area contributed by atoms with Gasteiger partial charge in [0.05, 0.1) is 14.2 Å². The molecule has 28 heavy (non-hydrogen) atoms. The molecule has 6 nitrogen and oxygen atoms in total. The zero-order valence-corrected chi connectivity index (χ0v) is 15.2. The molecule has 0 fully saturated rings. The monoisotopic (exact) mass is 384 g/mol. The summed E-state index contributed by atoms with van der Waals surface area (Å²) in [4.78, 5) is 23.7. The Morgan fingerprint density at radius 1 is 1.11 bits per heavy atom. The lowest BCUT2D eigenvalue weighted by Crippen LogP contribution is -2.05. The molecule has 0 atom stereocenters. The SMILES string of the molecule is COc1ccc2c(COC(=O)/C=C/c3ccc(OC)c(F)c3)cc(=O)oc2c1. The molecule has 0 aliphatic carbocycles. The Kier molecular flexibility index (Phi) is 5.74. The molecule has 0 spiro atoms. The second kappa shape index (κ2) is 8.39. The van der Waals surface area contributed by atoms with E-state index < -0.39 is 17.4 Å². The van der Waals surface area contributed by atoms with Crippen LogP contribution in [0.15, 0.2) is 57.8 Å². The number of rotatable bonds is 6. The number of carbonyl (C=O) groups is 1. The number of benzene rings is 2. The maximum Gasteiger partial charge on any atom is 0.336 e. The van der Waals surface area contributed by atoms with Gasteiger partial charge in [-0.1, -0.05) is 6.07 Å². The highest BCUT2D eigenvalue weighted by molar-refractivity contribution is 5.87. The van der Waals surface area contributed by atoms with Gasteiger partial charge in [-0.25, -0.2) is 14.0 Å². The van der Waals surface area contributed by atoms with E-state index in [0.717, 1.165) is 0 Å². The third-order valence-electron chi connectivity index (χ3n) is 4.00. The molecule has 2 aromatic carbocycles. The summed E-state index contributed by atoms with van der Waals surface area (Å²) in [5, 5.41) is 0.634. The molecule has 3 rings (SSSR count). The molecule has 0 saturated carbocycles. The van der Waals surface area contributed by atoms with Crippen LogP contribution in [0, 0.1) is 5.82 Å². The van der Waals surface area contributed by atoms with Gasteiger partial charge in [0.25, 0.3) is 0 Å². The average molecular weight is 384 g/mol. The molecule has 0 unspecified atom stereocenters. The normalized spacial score (nSPS) is 11.0. The van der Waals surface area contributed by atoms with Crippen LogP contribution in [0.2, 0.25) is 0 Å². The first-order chi connectivity index (χ1) is 13.5. The Labute approximate surface area is 159 Å². The summed E-state index contributed by atoms with van der Waals surface area (Å²) in [5.41, 5.74) is 0.762. The Morgan fingerprint density at radius 3 is 2.64 bits per heavy atom. The van der Waals surface area contributed by atoms with E-state index in [4.69, 9.17) is 18.6 Å². The fourth-order valence-electron chi connectivity index (χ4n) is 2.60. The van der Waals surface area contributed by atoms with E-state index in [1.54, 1.807) is 24.3 Å². The van der Waals surface area contributed by atoms with Crippen LogP contribution in [0.3, 0.4) is 0 Å². The Balaban J connectivity index is 1.72. The zero-order valence-electron chi connectivity index (χ0n) is 15.2. The summed E-state index contributed by atoms with van der Waals surface area (Å²) in [6.45, 7) is -0.116. The number of fused-ring (bicyclic) bond motifs is 1. The molecule has 144 valence electrons. The number of esters is 1. The van der Waals surface area contributed by atoms with Crippen molar-refractivity contribution in [2.45, 2.75) is 6.61 Å². The summed E-state index contributed by atoms with van der Waals surface area (Å²) in [6.07, 6.45) is 2.60. The lowest BCUT2D eigenvalue weighted by Gasteiger charge is -2.07. The molecule has 0 aliphatic rings. The Morgan fingerprint density at radius 2 is 1.93 bits per heavy atom. The first-order valence-corrected chi connectivity index (χ1v) is 8.29. The van der Waals surface area contributed by atoms with Crippen molar-refractivity contribution >= 4 is 23.0 Å². The third kappa shape index (κ3) is 4.37. The summed E-state index contributed by atoms with van der Waals surface area (Å²) in [5.74, 6) is -0.507. The van der Waals surface area contributed by atoms with Gasteiger partial charge in [0.15, 0.2) is 11.6 Å². The van der Waals surface area contributed by atoms with Gasteiger partial charge in [-0.15, -0.1) is 0 Å². The maximum absolute atomic E-state index is 13.7. The van der Waals surface area contributed by atoms with E-state index in [9.17, 15) is 14.0 Å². The molecule has 0 radical (unpaired) electrons. The van der Waals surface area contributed by atoms with E-state index in [0.29, 0.717) is 27.8 Å². The van der Waals surface area contributed by atoms with Gasteiger partial charge < -0.3 is 18.6 Å². The molecule has 1 aromatic heterocycles. The number of hydrogen-bond acceptors (Lipinski definition) is 6. The molecule has 7 heteroatoms. The second-order valence-electron chi connectivity index (χ2n) is 5.79. The van der Waals surface area contributed by atoms with Gasteiger partial charge in [-0.2, -0.15) is 0 Å². The van der Waals surface area contributed by atoms with E-state index in [2.05, 4.69) is 0 Å². The van der Waals surface area contributed by atoms with E-state index in [-0.39, 0.29) is 12.4 Å². The van der Waals surface area contributed by atoms with Crippen LogP contribution in [0.25, 0.3) is 17.0 Å². The maximum atomic E-state index is 13.7. The lowest BCUT2D eigenvalue weighted by molar-refractivity contribution is -0.138. The summed E-state index contributed by atoms with van der Waals surface area (Å²) < 4.78 is 33.9. The average Bonchev–Trinajstić information content (AvgIpc) is 2.69. The lowest BCUT2D eigenvalue weighted by atomic mass is 10.1. The molecule has 0 saturated heterocycles. The minimum absolute atomic E-state index is 0.116. The number of ether oxygens (including phenoxy) is 3. The van der Waals surface area contributed by atoms with E-state index in [1.807, 2.05) is 0 Å². The number of methoxy groups -OCH3 is 2. The fourth-order valence-corrected chi connectivity index (χ4v) is 2.60. The quantitative estimate of drug-likeness (QED) is 0.366. The molecular weight excluding hydrogens is 367 g/mol. The summed E-state index contributed by atoms with van der Waals surface area (Å²) >= 11 is 0. The van der Waals surface area contributed by atoms with Gasteiger partial charge in [-0.3, -0.25) is 0 Å². The minimum Gasteiger partial charge on any atom is -0.497 e. The largest absolute Gasteiger partial charge is 0.497 e. The molecule has 1 heterocycles. The first kappa shape index (κ1) is 19.2. The number of halogens is 1. The highest BCUT2D eigenvalue weighted by Crippen LogP contribution is 2.23. The molecule has 0 aliphatic heterocycles. The highest BCUT2D eigenvalue weighted by Gasteiger charge is 2.09. The molecule has 0 N–H and O–H groups in total. The van der Waals surface area contributed by atoms with Crippen molar-refractivity contribution in [3.8, 4) is 11.5 Å². The second-order valence-corrected chi connectivity index (χ2v) is 5.79. The fraction of sp³-hybridized carbons (Fsp3) is 0.143. The Bertz CT molecular complexity index is 1100. The first-order valence-electron chi connectivity index (χ1n) is 8.29. The van der Waals surface area contributed by atoms with Gasteiger partial charge >= 0.3 is 11.6 Å². The molecule has 0 bridgehead atoms. The summed E-state index contributed by atoms with van der Waals surface area (Å²) in [7, 11) is 2.88. The van der Waals surface area contributed by atoms with Crippen molar-refractivity contribution in [2.75, 3.05) is 14.2 Å². The van der Waals surface area contributed by atoms with Gasteiger partial charge in [0.1, 0.15) is 17.9 Å². The minimum atomic E-state index is -0.633. The Hall–Kier alpha value is -3.61. The van der Waals surface area contributed by atoms with Crippen LogP contribution in [0.1, 0.15) is 11.1 Å². The van der Waals surface area contributed by atoms with Crippen molar-refractivity contribution < 1.29 is 27.8 Å². The number of carbonyl (C=O) groups excluding carboxylic acids is 1. The van der Waals surface area contributed by atoms with Crippen molar-refractivity contribution in [3.05, 3.63) is 75.9 Å². The van der Waals surface area contributed by atoms with Crippen LogP contribution >= 0.6 is 0 Å². The zero-order chi connectivity index (χ0) is 20.1.